The van der Waals surface area contributed by atoms with E-state index in [4.69, 9.17) is 5.73 Å². The minimum Gasteiger partial charge on any atom is -0.339 e. The summed E-state index contributed by atoms with van der Waals surface area (Å²) in [7, 11) is 0. The van der Waals surface area contributed by atoms with Crippen molar-refractivity contribution in [2.24, 2.45) is 11.7 Å². The van der Waals surface area contributed by atoms with Gasteiger partial charge in [-0.1, -0.05) is 5.57 Å². The van der Waals surface area contributed by atoms with Crippen LogP contribution >= 0.6 is 0 Å². The molecule has 0 aliphatic carbocycles. The lowest BCUT2D eigenvalue weighted by Gasteiger charge is -2.30. The number of nitrogens with two attached hydrogens (primary N) is 1. The third-order valence-corrected chi connectivity index (χ3v) is 2.67. The summed E-state index contributed by atoms with van der Waals surface area (Å²) in [5.74, 6) is 0.770. The Kier molecular flexibility index (Phi) is 4.14. The maximum absolute atomic E-state index is 11.6. The Hall–Kier alpha value is -0.830. The highest BCUT2D eigenvalue weighted by Gasteiger charge is 2.20. The molecule has 2 N–H and O–H groups in total. The van der Waals surface area contributed by atoms with Gasteiger partial charge in [-0.25, -0.2) is 0 Å². The first-order chi connectivity index (χ1) is 6.63. The van der Waals surface area contributed by atoms with Crippen LogP contribution in [0, 0.1) is 5.92 Å². The van der Waals surface area contributed by atoms with Crippen LogP contribution in [0.1, 0.15) is 26.7 Å². The van der Waals surface area contributed by atoms with E-state index < -0.39 is 0 Å². The smallest absolute Gasteiger partial charge is 0.246 e. The predicted octanol–water partition coefficient (Wildman–Crippen LogP) is 1.15. The maximum Gasteiger partial charge on any atom is 0.246 e. The third kappa shape index (κ3) is 3.14. The summed E-state index contributed by atoms with van der Waals surface area (Å²) in [6.07, 6.45) is 3.82. The second-order valence-electron chi connectivity index (χ2n) is 4.23. The Labute approximate surface area is 86.0 Å². The Morgan fingerprint density at radius 3 is 2.43 bits per heavy atom. The second-order valence-corrected chi connectivity index (χ2v) is 4.23. The molecule has 0 radical (unpaired) electrons. The highest BCUT2D eigenvalue weighted by molar-refractivity contribution is 5.88. The first-order valence-electron chi connectivity index (χ1n) is 5.27. The van der Waals surface area contributed by atoms with E-state index in [0.717, 1.165) is 38.0 Å². The molecule has 1 heterocycles. The number of piperidine rings is 1. The Morgan fingerprint density at radius 1 is 1.43 bits per heavy atom. The molecular weight excluding hydrogens is 176 g/mol. The van der Waals surface area contributed by atoms with Crippen LogP contribution in [-0.4, -0.2) is 30.4 Å². The molecule has 1 aliphatic rings. The molecule has 1 saturated heterocycles. The lowest BCUT2D eigenvalue weighted by atomic mass is 9.97. The number of hydrogen-bond donors (Lipinski definition) is 1. The van der Waals surface area contributed by atoms with Crippen LogP contribution in [0.4, 0.5) is 0 Å². The molecule has 0 saturated carbocycles. The number of rotatable bonds is 2. The quantitative estimate of drug-likeness (QED) is 0.673. The zero-order valence-corrected chi connectivity index (χ0v) is 9.12. The fourth-order valence-corrected chi connectivity index (χ4v) is 1.73. The number of amides is 1. The SMILES string of the molecule is CC(C)=CC(=O)N1CCC(CN)CC1. The minimum absolute atomic E-state index is 0.153. The molecular formula is C11H20N2O. The van der Waals surface area contributed by atoms with E-state index in [-0.39, 0.29) is 5.91 Å². The summed E-state index contributed by atoms with van der Waals surface area (Å²) in [6, 6.07) is 0. The van der Waals surface area contributed by atoms with E-state index in [1.165, 1.54) is 0 Å². The van der Waals surface area contributed by atoms with Crippen molar-refractivity contribution in [2.75, 3.05) is 19.6 Å². The van der Waals surface area contributed by atoms with Crippen molar-refractivity contribution in [3.05, 3.63) is 11.6 Å². The molecule has 0 aromatic heterocycles. The maximum atomic E-state index is 11.6. The van der Waals surface area contributed by atoms with Gasteiger partial charge in [-0.05, 0) is 39.2 Å². The summed E-state index contributed by atoms with van der Waals surface area (Å²) in [5, 5.41) is 0. The lowest BCUT2D eigenvalue weighted by molar-refractivity contribution is -0.127. The Bertz CT molecular complexity index is 223. The van der Waals surface area contributed by atoms with Crippen LogP contribution in [0.3, 0.4) is 0 Å². The highest BCUT2D eigenvalue weighted by Crippen LogP contribution is 2.16. The largest absolute Gasteiger partial charge is 0.339 e. The van der Waals surface area contributed by atoms with E-state index in [0.29, 0.717) is 5.92 Å². The van der Waals surface area contributed by atoms with Crippen molar-refractivity contribution < 1.29 is 4.79 Å². The van der Waals surface area contributed by atoms with Crippen molar-refractivity contribution in [1.29, 1.82) is 0 Å². The van der Waals surface area contributed by atoms with Gasteiger partial charge in [0.15, 0.2) is 0 Å². The summed E-state index contributed by atoms with van der Waals surface area (Å²) >= 11 is 0. The molecule has 3 nitrogen and oxygen atoms in total. The molecule has 0 unspecified atom stereocenters. The molecule has 0 spiro atoms. The molecule has 0 aromatic rings. The third-order valence-electron chi connectivity index (χ3n) is 2.67. The van der Waals surface area contributed by atoms with Crippen LogP contribution in [0.15, 0.2) is 11.6 Å². The molecule has 1 aliphatic heterocycles. The molecule has 14 heavy (non-hydrogen) atoms. The number of nitrogens with zero attached hydrogens (tertiary/aromatic N) is 1. The molecule has 0 bridgehead atoms. The standard InChI is InChI=1S/C11H20N2O/c1-9(2)7-11(14)13-5-3-10(8-12)4-6-13/h7,10H,3-6,8,12H2,1-2H3. The Balaban J connectivity index is 2.42. The molecule has 0 atom stereocenters. The van der Waals surface area contributed by atoms with Gasteiger partial charge in [0, 0.05) is 19.2 Å². The number of likely N-dealkylation sites (tertiary alicyclic amines) is 1. The van der Waals surface area contributed by atoms with Crippen LogP contribution in [-0.2, 0) is 4.79 Å². The summed E-state index contributed by atoms with van der Waals surface area (Å²) in [4.78, 5) is 13.5. The predicted molar refractivity (Wildman–Crippen MR) is 57.8 cm³/mol. The van der Waals surface area contributed by atoms with E-state index in [1.54, 1.807) is 6.08 Å². The Morgan fingerprint density at radius 2 is 2.00 bits per heavy atom. The van der Waals surface area contributed by atoms with Crippen molar-refractivity contribution in [3.8, 4) is 0 Å². The highest BCUT2D eigenvalue weighted by atomic mass is 16.2. The fourth-order valence-electron chi connectivity index (χ4n) is 1.73. The van der Waals surface area contributed by atoms with Gasteiger partial charge in [-0.15, -0.1) is 0 Å². The van der Waals surface area contributed by atoms with Crippen LogP contribution in [0.2, 0.25) is 0 Å². The number of hydrogen-bond acceptors (Lipinski definition) is 2. The van der Waals surface area contributed by atoms with Crippen LogP contribution < -0.4 is 5.73 Å². The van der Waals surface area contributed by atoms with E-state index in [2.05, 4.69) is 0 Å². The van der Waals surface area contributed by atoms with Gasteiger partial charge >= 0.3 is 0 Å². The van der Waals surface area contributed by atoms with Gasteiger partial charge in [0.1, 0.15) is 0 Å². The second kappa shape index (κ2) is 5.15. The summed E-state index contributed by atoms with van der Waals surface area (Å²) < 4.78 is 0. The molecule has 80 valence electrons. The van der Waals surface area contributed by atoms with Crippen molar-refractivity contribution in [3.63, 3.8) is 0 Å². The van der Waals surface area contributed by atoms with Crippen LogP contribution in [0.25, 0.3) is 0 Å². The average Bonchev–Trinajstić information content (AvgIpc) is 2.17. The van der Waals surface area contributed by atoms with Gasteiger partial charge in [0.2, 0.25) is 5.91 Å². The van der Waals surface area contributed by atoms with Crippen molar-refractivity contribution in [1.82, 2.24) is 4.90 Å². The first kappa shape index (κ1) is 11.2. The molecule has 1 amide bonds. The molecule has 1 rings (SSSR count). The van der Waals surface area contributed by atoms with E-state index in [9.17, 15) is 4.79 Å². The molecule has 0 aromatic carbocycles. The van der Waals surface area contributed by atoms with Crippen LogP contribution in [0.5, 0.6) is 0 Å². The van der Waals surface area contributed by atoms with E-state index in [1.807, 2.05) is 18.7 Å². The minimum atomic E-state index is 0.153. The van der Waals surface area contributed by atoms with Gasteiger partial charge in [0.25, 0.3) is 0 Å². The van der Waals surface area contributed by atoms with E-state index >= 15 is 0 Å². The monoisotopic (exact) mass is 196 g/mol. The lowest BCUT2D eigenvalue weighted by Crippen LogP contribution is -2.39. The first-order valence-corrected chi connectivity index (χ1v) is 5.27. The van der Waals surface area contributed by atoms with Crippen molar-refractivity contribution >= 4 is 5.91 Å². The topological polar surface area (TPSA) is 46.3 Å². The van der Waals surface area contributed by atoms with Gasteiger partial charge in [0.05, 0.1) is 0 Å². The average molecular weight is 196 g/mol. The van der Waals surface area contributed by atoms with Gasteiger partial charge < -0.3 is 10.6 Å². The normalized spacial score (nSPS) is 18.1. The number of carbonyl (C=O) groups excluding carboxylic acids is 1. The molecule has 1 fully saturated rings. The van der Waals surface area contributed by atoms with Gasteiger partial charge in [-0.2, -0.15) is 0 Å². The van der Waals surface area contributed by atoms with Crippen molar-refractivity contribution in [2.45, 2.75) is 26.7 Å². The fraction of sp³-hybridized carbons (Fsp3) is 0.727. The van der Waals surface area contributed by atoms with Gasteiger partial charge in [-0.3, -0.25) is 4.79 Å². The molecule has 3 heteroatoms. The summed E-state index contributed by atoms with van der Waals surface area (Å²) in [6.45, 7) is 6.38. The zero-order chi connectivity index (χ0) is 10.6. The number of allylic oxidation sites excluding steroid dienone is 1. The number of carbonyl (C=O) groups is 1. The summed E-state index contributed by atoms with van der Waals surface area (Å²) in [5.41, 5.74) is 6.66. The zero-order valence-electron chi connectivity index (χ0n) is 9.12.